The molecule has 4 nitrogen and oxygen atoms in total. The summed E-state index contributed by atoms with van der Waals surface area (Å²) >= 11 is 0. The van der Waals surface area contributed by atoms with Gasteiger partial charge < -0.3 is 14.4 Å². The Kier molecular flexibility index (Phi) is 9.01. The fourth-order valence-corrected chi connectivity index (χ4v) is 1.86. The molecule has 0 saturated carbocycles. The molecule has 0 fully saturated rings. The van der Waals surface area contributed by atoms with Crippen LogP contribution >= 0.6 is 12.4 Å². The van der Waals surface area contributed by atoms with E-state index in [4.69, 9.17) is 9.47 Å². The highest BCUT2D eigenvalue weighted by Crippen LogP contribution is 2.13. The third-order valence-electron chi connectivity index (χ3n) is 3.04. The number of hydrogen-bond donors (Lipinski definition) is 0. The van der Waals surface area contributed by atoms with Crippen LogP contribution in [0.15, 0.2) is 24.3 Å². The van der Waals surface area contributed by atoms with Crippen molar-refractivity contribution in [2.24, 2.45) is 0 Å². The molecule has 0 bridgehead atoms. The normalized spacial score (nSPS) is 11.7. The van der Waals surface area contributed by atoms with Crippen molar-refractivity contribution in [3.63, 3.8) is 0 Å². The Hall–Kier alpha value is -1.26. The molecule has 0 aliphatic heterocycles. The molecule has 0 aliphatic carbocycles. The molecule has 5 heteroatoms. The summed E-state index contributed by atoms with van der Waals surface area (Å²) in [6.45, 7) is 8.79. The highest BCUT2D eigenvalue weighted by molar-refractivity contribution is 5.89. The molecule has 0 saturated heterocycles. The van der Waals surface area contributed by atoms with Crippen molar-refractivity contribution >= 4 is 18.4 Å². The zero-order valence-electron chi connectivity index (χ0n) is 12.6. The van der Waals surface area contributed by atoms with Crippen molar-refractivity contribution in [3.8, 4) is 5.75 Å². The van der Waals surface area contributed by atoms with Crippen LogP contribution in [-0.4, -0.2) is 43.7 Å². The van der Waals surface area contributed by atoms with Crippen LogP contribution in [0.1, 0.15) is 31.1 Å². The van der Waals surface area contributed by atoms with Crippen LogP contribution in [0, 0.1) is 0 Å². The fraction of sp³-hybridized carbons (Fsp3) is 0.533. The number of benzene rings is 1. The Morgan fingerprint density at radius 3 is 2.20 bits per heavy atom. The maximum atomic E-state index is 11.9. The number of rotatable bonds is 7. The molecular weight excluding hydrogens is 278 g/mol. The van der Waals surface area contributed by atoms with Crippen LogP contribution in [0.25, 0.3) is 0 Å². The van der Waals surface area contributed by atoms with E-state index in [0.29, 0.717) is 5.56 Å². The minimum absolute atomic E-state index is 0. The Bertz CT molecular complexity index is 391. The summed E-state index contributed by atoms with van der Waals surface area (Å²) in [6, 6.07) is 6.94. The van der Waals surface area contributed by atoms with Crippen molar-refractivity contribution in [2.75, 3.05) is 26.7 Å². The van der Waals surface area contributed by atoms with Crippen molar-refractivity contribution in [1.29, 1.82) is 0 Å². The van der Waals surface area contributed by atoms with Gasteiger partial charge in [0.2, 0.25) is 0 Å². The molecule has 1 atom stereocenters. The van der Waals surface area contributed by atoms with E-state index < -0.39 is 0 Å². The minimum atomic E-state index is -0.290. The Morgan fingerprint density at radius 1 is 1.20 bits per heavy atom. The van der Waals surface area contributed by atoms with Crippen LogP contribution in [0.4, 0.5) is 0 Å². The predicted molar refractivity (Wildman–Crippen MR) is 82.9 cm³/mol. The molecule has 20 heavy (non-hydrogen) atoms. The first kappa shape index (κ1) is 18.7. The van der Waals surface area contributed by atoms with Gasteiger partial charge in [-0.25, -0.2) is 4.79 Å². The molecule has 0 amide bonds. The van der Waals surface area contributed by atoms with E-state index in [-0.39, 0.29) is 24.5 Å². The van der Waals surface area contributed by atoms with Crippen LogP contribution in [0.3, 0.4) is 0 Å². The highest BCUT2D eigenvalue weighted by Gasteiger charge is 2.14. The lowest BCUT2D eigenvalue weighted by molar-refractivity contribution is 0.0260. The first-order valence-corrected chi connectivity index (χ1v) is 6.68. The molecule has 0 heterocycles. The summed E-state index contributed by atoms with van der Waals surface area (Å²) in [5.41, 5.74) is 0.548. The molecule has 1 rings (SSSR count). The maximum absolute atomic E-state index is 11.9. The van der Waals surface area contributed by atoms with Crippen LogP contribution in [0.5, 0.6) is 5.75 Å². The first-order chi connectivity index (χ1) is 9.10. The van der Waals surface area contributed by atoms with Gasteiger partial charge in [-0.2, -0.15) is 0 Å². The SMILES string of the molecule is CCN(CC)CC(C)OC(=O)c1ccc(OC)cc1.Cl. The lowest BCUT2D eigenvalue weighted by atomic mass is 10.2. The lowest BCUT2D eigenvalue weighted by Gasteiger charge is -2.22. The maximum Gasteiger partial charge on any atom is 0.338 e. The number of carbonyl (C=O) groups is 1. The molecule has 0 N–H and O–H groups in total. The van der Waals surface area contributed by atoms with Crippen molar-refractivity contribution < 1.29 is 14.3 Å². The van der Waals surface area contributed by atoms with E-state index in [1.807, 2.05) is 6.92 Å². The molecule has 0 spiro atoms. The molecule has 1 aromatic carbocycles. The van der Waals surface area contributed by atoms with Gasteiger partial charge in [0, 0.05) is 6.54 Å². The molecular formula is C15H24ClNO3. The third kappa shape index (κ3) is 5.80. The van der Waals surface area contributed by atoms with E-state index in [1.54, 1.807) is 31.4 Å². The number of methoxy groups -OCH3 is 1. The van der Waals surface area contributed by atoms with Crippen molar-refractivity contribution in [1.82, 2.24) is 4.90 Å². The summed E-state index contributed by atoms with van der Waals surface area (Å²) in [7, 11) is 1.60. The molecule has 1 aromatic rings. The van der Waals surface area contributed by atoms with E-state index >= 15 is 0 Å². The van der Waals surface area contributed by atoms with Gasteiger partial charge in [0.25, 0.3) is 0 Å². The largest absolute Gasteiger partial charge is 0.497 e. The standard InChI is InChI=1S/C15H23NO3.ClH/c1-5-16(6-2)11-12(3)19-15(17)13-7-9-14(18-4)10-8-13;/h7-10,12H,5-6,11H2,1-4H3;1H. The van der Waals surface area contributed by atoms with Crippen LogP contribution in [-0.2, 0) is 4.74 Å². The lowest BCUT2D eigenvalue weighted by Crippen LogP contribution is -2.33. The van der Waals surface area contributed by atoms with E-state index in [2.05, 4.69) is 18.7 Å². The van der Waals surface area contributed by atoms with Gasteiger partial charge in [-0.15, -0.1) is 12.4 Å². The van der Waals surface area contributed by atoms with Gasteiger partial charge >= 0.3 is 5.97 Å². The number of halogens is 1. The second-order valence-corrected chi connectivity index (χ2v) is 4.43. The predicted octanol–water partition coefficient (Wildman–Crippen LogP) is 3.00. The smallest absolute Gasteiger partial charge is 0.338 e. The van der Waals surface area contributed by atoms with Crippen LogP contribution < -0.4 is 4.74 Å². The summed E-state index contributed by atoms with van der Waals surface area (Å²) in [4.78, 5) is 14.2. The third-order valence-corrected chi connectivity index (χ3v) is 3.04. The molecule has 114 valence electrons. The Morgan fingerprint density at radius 2 is 1.75 bits per heavy atom. The average Bonchev–Trinajstić information content (AvgIpc) is 2.44. The molecule has 0 aliphatic rings. The van der Waals surface area contributed by atoms with Gasteiger partial charge in [0.15, 0.2) is 0 Å². The number of carbonyl (C=O) groups excluding carboxylic acids is 1. The van der Waals surface area contributed by atoms with Crippen molar-refractivity contribution in [3.05, 3.63) is 29.8 Å². The number of ether oxygens (including phenoxy) is 2. The molecule has 1 unspecified atom stereocenters. The van der Waals surface area contributed by atoms with Crippen LogP contribution in [0.2, 0.25) is 0 Å². The van der Waals surface area contributed by atoms with E-state index in [1.165, 1.54) is 0 Å². The summed E-state index contributed by atoms with van der Waals surface area (Å²) in [5, 5.41) is 0. The van der Waals surface area contributed by atoms with Gasteiger partial charge in [-0.3, -0.25) is 0 Å². The van der Waals surface area contributed by atoms with Gasteiger partial charge in [-0.05, 0) is 44.3 Å². The van der Waals surface area contributed by atoms with Crippen molar-refractivity contribution in [2.45, 2.75) is 26.9 Å². The highest BCUT2D eigenvalue weighted by atomic mass is 35.5. The number of hydrogen-bond acceptors (Lipinski definition) is 4. The summed E-state index contributed by atoms with van der Waals surface area (Å²) in [6.07, 6.45) is -0.116. The topological polar surface area (TPSA) is 38.8 Å². The Balaban J connectivity index is 0.00000361. The van der Waals surface area contributed by atoms with E-state index in [9.17, 15) is 4.79 Å². The quantitative estimate of drug-likeness (QED) is 0.726. The van der Waals surface area contributed by atoms with Gasteiger partial charge in [0.05, 0.1) is 12.7 Å². The van der Waals surface area contributed by atoms with Gasteiger partial charge in [0.1, 0.15) is 11.9 Å². The second-order valence-electron chi connectivity index (χ2n) is 4.43. The molecule has 0 radical (unpaired) electrons. The average molecular weight is 302 g/mol. The zero-order chi connectivity index (χ0) is 14.3. The number of esters is 1. The second kappa shape index (κ2) is 9.61. The van der Waals surface area contributed by atoms with Gasteiger partial charge in [-0.1, -0.05) is 13.8 Å². The zero-order valence-corrected chi connectivity index (χ0v) is 13.4. The minimum Gasteiger partial charge on any atom is -0.497 e. The molecule has 0 aromatic heterocycles. The summed E-state index contributed by atoms with van der Waals surface area (Å²) in [5.74, 6) is 0.440. The Labute approximate surface area is 127 Å². The van der Waals surface area contributed by atoms with E-state index in [0.717, 1.165) is 25.4 Å². The number of nitrogens with zero attached hydrogens (tertiary/aromatic N) is 1. The monoisotopic (exact) mass is 301 g/mol. The first-order valence-electron chi connectivity index (χ1n) is 6.68. The number of likely N-dealkylation sites (N-methyl/N-ethyl adjacent to an activating group) is 1. The summed E-state index contributed by atoms with van der Waals surface area (Å²) < 4.78 is 10.5. The fourth-order valence-electron chi connectivity index (χ4n) is 1.86.